The van der Waals surface area contributed by atoms with Gasteiger partial charge < -0.3 is 21.3 Å². The van der Waals surface area contributed by atoms with Crippen LogP contribution in [0, 0.1) is 11.6 Å². The minimum Gasteiger partial charge on any atom is -0.382 e. The Morgan fingerprint density at radius 3 is 2.44 bits per heavy atom. The zero-order chi connectivity index (χ0) is 30.9. The summed E-state index contributed by atoms with van der Waals surface area (Å²) in [6.45, 7) is 1.63. The van der Waals surface area contributed by atoms with Crippen LogP contribution in [0.25, 0.3) is 16.6 Å². The van der Waals surface area contributed by atoms with Crippen LogP contribution in [0.3, 0.4) is 0 Å². The van der Waals surface area contributed by atoms with Gasteiger partial charge in [-0.15, -0.1) is 0 Å². The maximum absolute atomic E-state index is 15.1. The fourth-order valence-electron chi connectivity index (χ4n) is 4.90. The number of rotatable bonds is 7. The van der Waals surface area contributed by atoms with E-state index in [4.69, 9.17) is 5.73 Å². The number of urea groups is 1. The molecule has 1 saturated heterocycles. The predicted molar refractivity (Wildman–Crippen MR) is 150 cm³/mol. The number of halogens is 5. The summed E-state index contributed by atoms with van der Waals surface area (Å²) in [4.78, 5) is 18.5. The zero-order valence-corrected chi connectivity index (χ0v) is 23.3. The van der Waals surface area contributed by atoms with E-state index in [1.807, 2.05) is 5.32 Å². The van der Waals surface area contributed by atoms with Crippen LogP contribution in [-0.4, -0.2) is 65.1 Å². The summed E-state index contributed by atoms with van der Waals surface area (Å²) in [5.41, 5.74) is 5.69. The second-order valence-electron chi connectivity index (χ2n) is 9.99. The average Bonchev–Trinajstić information content (AvgIpc) is 3.31. The van der Waals surface area contributed by atoms with Gasteiger partial charge in [0.2, 0.25) is 0 Å². The number of aryl methyl sites for hydroxylation is 1. The van der Waals surface area contributed by atoms with E-state index < -0.39 is 44.9 Å². The number of hydrogen-bond acceptors (Lipinski definition) is 7. The van der Waals surface area contributed by atoms with E-state index in [-0.39, 0.29) is 23.0 Å². The number of nitrogens with two attached hydrogens (primary N) is 1. The molecule has 0 bridgehead atoms. The molecule has 5 rings (SSSR count). The molecule has 0 unspecified atom stereocenters. The molecule has 4 N–H and O–H groups in total. The molecule has 1 aliphatic rings. The number of fused-ring (bicyclic) bond motifs is 1. The Balaban J connectivity index is 1.32. The molecule has 1 aliphatic heterocycles. The number of nitrogen functional groups attached to an aromatic ring is 1. The number of nitrogens with one attached hydrogen (secondary N) is 2. The molecule has 0 radical (unpaired) electrons. The normalized spacial score (nSPS) is 15.5. The summed E-state index contributed by atoms with van der Waals surface area (Å²) in [5.74, 6) is -2.11. The fraction of sp³-hybridized carbons (Fsp3) is 0.296. The van der Waals surface area contributed by atoms with Crippen molar-refractivity contribution >= 4 is 38.6 Å². The van der Waals surface area contributed by atoms with Crippen LogP contribution in [0.2, 0.25) is 0 Å². The first-order valence-electron chi connectivity index (χ1n) is 13.1. The summed E-state index contributed by atoms with van der Waals surface area (Å²) in [7, 11) is -2.98. The summed E-state index contributed by atoms with van der Waals surface area (Å²) in [6.07, 6.45) is -2.40. The fourth-order valence-corrected chi connectivity index (χ4v) is 6.17. The van der Waals surface area contributed by atoms with Crippen molar-refractivity contribution in [2.75, 3.05) is 47.5 Å². The van der Waals surface area contributed by atoms with Gasteiger partial charge >= 0.3 is 12.2 Å². The quantitative estimate of drug-likeness (QED) is 0.257. The van der Waals surface area contributed by atoms with Crippen LogP contribution in [0.15, 0.2) is 48.8 Å². The van der Waals surface area contributed by atoms with Gasteiger partial charge in [0.15, 0.2) is 21.5 Å². The van der Waals surface area contributed by atoms with E-state index in [1.165, 1.54) is 18.5 Å². The molecule has 1 fully saturated rings. The Bertz CT molecular complexity index is 1780. The molecule has 10 nitrogen and oxygen atoms in total. The van der Waals surface area contributed by atoms with E-state index >= 15 is 4.39 Å². The van der Waals surface area contributed by atoms with E-state index in [1.54, 1.807) is 10.6 Å². The Morgan fingerprint density at radius 1 is 1.02 bits per heavy atom. The van der Waals surface area contributed by atoms with Crippen LogP contribution < -0.4 is 16.4 Å². The summed E-state index contributed by atoms with van der Waals surface area (Å²) >= 11 is 0. The van der Waals surface area contributed by atoms with Crippen LogP contribution in [0.1, 0.15) is 17.7 Å². The van der Waals surface area contributed by atoms with Gasteiger partial charge in [-0.2, -0.15) is 18.3 Å². The number of carbonyl (C=O) groups excluding carboxylic acids is 1. The highest BCUT2D eigenvalue weighted by Gasteiger charge is 2.35. The van der Waals surface area contributed by atoms with Gasteiger partial charge in [0.05, 0.1) is 28.4 Å². The summed E-state index contributed by atoms with van der Waals surface area (Å²) < 4.78 is 93.3. The SMILES string of the molecule is Nc1ncnn2c(CCCN3CCS(=O)(=O)CC3)cc(-c3ccc(NC(=O)Nc4cccc(C(F)(F)F)c4F)c(F)c3)c12. The number of aromatic nitrogens is 3. The first-order valence-corrected chi connectivity index (χ1v) is 14.9. The van der Waals surface area contributed by atoms with Crippen molar-refractivity contribution in [2.24, 2.45) is 0 Å². The first kappa shape index (κ1) is 30.2. The van der Waals surface area contributed by atoms with Crippen LogP contribution in [-0.2, 0) is 22.4 Å². The number of alkyl halides is 3. The maximum atomic E-state index is 15.1. The highest BCUT2D eigenvalue weighted by molar-refractivity contribution is 7.91. The number of nitrogens with zero attached hydrogens (tertiary/aromatic N) is 4. The molecule has 43 heavy (non-hydrogen) atoms. The highest BCUT2D eigenvalue weighted by atomic mass is 32.2. The molecular weight excluding hydrogens is 597 g/mol. The number of amides is 2. The lowest BCUT2D eigenvalue weighted by Crippen LogP contribution is -2.40. The van der Waals surface area contributed by atoms with Crippen LogP contribution in [0.4, 0.5) is 43.9 Å². The predicted octanol–water partition coefficient (Wildman–Crippen LogP) is 4.58. The van der Waals surface area contributed by atoms with Crippen molar-refractivity contribution in [3.05, 3.63) is 71.7 Å². The molecular formula is C27H26F5N7O3S. The topological polar surface area (TPSA) is 135 Å². The Kier molecular flexibility index (Phi) is 8.25. The largest absolute Gasteiger partial charge is 0.419 e. The smallest absolute Gasteiger partial charge is 0.382 e. The molecule has 0 saturated carbocycles. The van der Waals surface area contributed by atoms with Gasteiger partial charge in [-0.05, 0) is 55.3 Å². The minimum absolute atomic E-state index is 0.134. The third-order valence-corrected chi connectivity index (χ3v) is 8.69. The van der Waals surface area contributed by atoms with Gasteiger partial charge in [0.25, 0.3) is 0 Å². The third kappa shape index (κ3) is 6.69. The van der Waals surface area contributed by atoms with E-state index in [2.05, 4.69) is 20.3 Å². The highest BCUT2D eigenvalue weighted by Crippen LogP contribution is 2.35. The van der Waals surface area contributed by atoms with Gasteiger partial charge in [-0.3, -0.25) is 0 Å². The molecule has 0 spiro atoms. The van der Waals surface area contributed by atoms with Crippen molar-refractivity contribution in [1.29, 1.82) is 0 Å². The lowest BCUT2D eigenvalue weighted by molar-refractivity contribution is -0.139. The molecule has 2 aromatic carbocycles. The molecule has 0 aliphatic carbocycles. The van der Waals surface area contributed by atoms with Crippen molar-refractivity contribution in [2.45, 2.75) is 19.0 Å². The first-order chi connectivity index (χ1) is 20.3. The Labute approximate surface area is 242 Å². The van der Waals surface area contributed by atoms with Gasteiger partial charge in [0.1, 0.15) is 17.7 Å². The Morgan fingerprint density at radius 2 is 1.74 bits per heavy atom. The molecule has 228 valence electrons. The van der Waals surface area contributed by atoms with Gasteiger partial charge in [-0.1, -0.05) is 12.1 Å². The number of sulfone groups is 1. The number of benzene rings is 2. The molecule has 16 heteroatoms. The lowest BCUT2D eigenvalue weighted by atomic mass is 10.1. The monoisotopic (exact) mass is 623 g/mol. The van der Waals surface area contributed by atoms with Crippen LogP contribution >= 0.6 is 0 Å². The van der Waals surface area contributed by atoms with Gasteiger partial charge in [0, 0.05) is 24.3 Å². The minimum atomic E-state index is -4.96. The number of anilines is 3. The second-order valence-corrected chi connectivity index (χ2v) is 12.3. The standard InChI is InChI=1S/C27H26F5N7O3S/c28-20-13-16(6-7-21(20)36-26(40)37-22-5-1-4-19(23(22)29)27(30,31)32)18-14-17(39-24(18)25(33)34-15-35-39)3-2-8-38-9-11-43(41,42)12-10-38/h1,4-7,13-15H,2-3,8-12H2,(H2,33,34,35)(H2,36,37,40). The summed E-state index contributed by atoms with van der Waals surface area (Å²) in [6, 6.07) is 6.96. The lowest BCUT2D eigenvalue weighted by Gasteiger charge is -2.26. The molecule has 2 aromatic heterocycles. The van der Waals surface area contributed by atoms with Crippen molar-refractivity contribution in [3.8, 4) is 11.1 Å². The van der Waals surface area contributed by atoms with Crippen molar-refractivity contribution < 1.29 is 35.2 Å². The van der Waals surface area contributed by atoms with E-state index in [9.17, 15) is 30.8 Å². The number of carbonyl (C=O) groups is 1. The molecule has 2 amide bonds. The summed E-state index contributed by atoms with van der Waals surface area (Å²) in [5, 5.41) is 8.43. The second kappa shape index (κ2) is 11.8. The number of hydrogen-bond donors (Lipinski definition) is 3. The maximum Gasteiger partial charge on any atom is 0.419 e. The van der Waals surface area contributed by atoms with Crippen molar-refractivity contribution in [1.82, 2.24) is 19.5 Å². The van der Waals surface area contributed by atoms with E-state index in [0.717, 1.165) is 23.9 Å². The Hall–Kier alpha value is -4.31. The molecule has 3 heterocycles. The van der Waals surface area contributed by atoms with Gasteiger partial charge in [-0.25, -0.2) is 31.5 Å². The van der Waals surface area contributed by atoms with Crippen molar-refractivity contribution in [3.63, 3.8) is 0 Å². The zero-order valence-electron chi connectivity index (χ0n) is 22.5. The van der Waals surface area contributed by atoms with E-state index in [0.29, 0.717) is 55.2 Å². The molecule has 4 aromatic rings. The molecule has 0 atom stereocenters. The average molecular weight is 624 g/mol. The third-order valence-electron chi connectivity index (χ3n) is 7.08. The van der Waals surface area contributed by atoms with Crippen LogP contribution in [0.5, 0.6) is 0 Å².